The van der Waals surface area contributed by atoms with Crippen LogP contribution in [0.15, 0.2) is 58.7 Å². The highest BCUT2D eigenvalue weighted by molar-refractivity contribution is 7.17. The largest absolute Gasteiger partial charge is 0.493 e. The number of hydrogen-bond acceptors (Lipinski definition) is 8. The summed E-state index contributed by atoms with van der Waals surface area (Å²) in [6.07, 6.45) is 9.87. The predicted octanol–water partition coefficient (Wildman–Crippen LogP) is 1.82. The van der Waals surface area contributed by atoms with Crippen LogP contribution < -0.4 is 16.4 Å². The molecular formula is C27H24N8O3S. The van der Waals surface area contributed by atoms with Gasteiger partial charge in [0, 0.05) is 42.7 Å². The highest BCUT2D eigenvalue weighted by Crippen LogP contribution is 2.31. The molecular weight excluding hydrogens is 516 g/mol. The number of imidazole rings is 1. The number of hydrogen-bond donors (Lipinski definition) is 3. The second-order valence-electron chi connectivity index (χ2n) is 9.87. The van der Waals surface area contributed by atoms with Gasteiger partial charge in [-0.05, 0) is 49.1 Å². The summed E-state index contributed by atoms with van der Waals surface area (Å²) < 4.78 is 1.66. The Balaban J connectivity index is 1.23. The maximum Gasteiger partial charge on any atom is 0.326 e. The number of likely N-dealkylation sites (tertiary alicyclic amines) is 1. The van der Waals surface area contributed by atoms with E-state index in [1.807, 2.05) is 35.4 Å². The standard InChI is InChI=1S/C27H24N8O3S/c36-25-20(32-27(38)33-25)10-17-13-29-35-23(30-18-3-4-18)11-19(31-24(17)35)21-5-6-22(39-21)26(37)34-9-7-16(14-34)15-2-1-8-28-12-15/h1-2,5-6,8,10-13,16,18,36H,3-4,7,9,14H2,(H2,32,33,38)/b17-10+,30-23?. The smallest absolute Gasteiger partial charge is 0.326 e. The molecule has 2 fully saturated rings. The monoisotopic (exact) mass is 540 g/mol. The van der Waals surface area contributed by atoms with Crippen LogP contribution in [0.25, 0.3) is 22.3 Å². The van der Waals surface area contributed by atoms with Gasteiger partial charge in [-0.2, -0.15) is 9.61 Å². The van der Waals surface area contributed by atoms with E-state index in [0.29, 0.717) is 45.9 Å². The molecule has 3 N–H and O–H groups in total. The third-order valence-electron chi connectivity index (χ3n) is 7.08. The number of aromatic amines is 2. The zero-order chi connectivity index (χ0) is 26.5. The van der Waals surface area contributed by atoms with Crippen molar-refractivity contribution in [1.29, 1.82) is 0 Å². The van der Waals surface area contributed by atoms with Crippen LogP contribution in [-0.4, -0.2) is 64.6 Å². The molecule has 0 aromatic carbocycles. The number of rotatable bonds is 5. The zero-order valence-corrected chi connectivity index (χ0v) is 21.6. The maximum absolute atomic E-state index is 13.4. The summed E-state index contributed by atoms with van der Waals surface area (Å²) in [5.41, 5.74) is 2.78. The van der Waals surface area contributed by atoms with E-state index < -0.39 is 5.69 Å². The van der Waals surface area contributed by atoms with Gasteiger partial charge < -0.3 is 15.0 Å². The molecule has 5 aromatic rings. The van der Waals surface area contributed by atoms with Gasteiger partial charge in [-0.1, -0.05) is 6.07 Å². The van der Waals surface area contributed by atoms with Crippen molar-refractivity contribution < 1.29 is 9.90 Å². The minimum absolute atomic E-state index is 0.0203. The third-order valence-corrected chi connectivity index (χ3v) is 8.17. The van der Waals surface area contributed by atoms with Crippen LogP contribution in [0.2, 0.25) is 0 Å². The molecule has 7 rings (SSSR count). The average Bonchev–Trinajstić information content (AvgIpc) is 3.33. The van der Waals surface area contributed by atoms with E-state index in [-0.39, 0.29) is 23.5 Å². The average molecular weight is 541 g/mol. The van der Waals surface area contributed by atoms with Crippen LogP contribution in [-0.2, 0) is 0 Å². The quantitative estimate of drug-likeness (QED) is 0.310. The number of carbonyl (C=O) groups is 1. The fourth-order valence-electron chi connectivity index (χ4n) is 4.90. The number of carbonyl (C=O) groups excluding carboxylic acids is 1. The van der Waals surface area contributed by atoms with Gasteiger partial charge in [-0.3, -0.25) is 19.8 Å². The van der Waals surface area contributed by atoms with E-state index >= 15 is 0 Å². The number of nitrogens with zero attached hydrogens (tertiary/aromatic N) is 6. The van der Waals surface area contributed by atoms with Gasteiger partial charge in [0.1, 0.15) is 5.69 Å². The second kappa shape index (κ2) is 9.31. The number of aromatic hydroxyl groups is 1. The number of thiophene rings is 1. The first-order valence-corrected chi connectivity index (χ1v) is 13.6. The van der Waals surface area contributed by atoms with Crippen LogP contribution in [0, 0.1) is 0 Å². The molecule has 1 atom stereocenters. The highest BCUT2D eigenvalue weighted by atomic mass is 32.1. The van der Waals surface area contributed by atoms with Crippen molar-refractivity contribution in [1.82, 2.24) is 34.4 Å². The van der Waals surface area contributed by atoms with Crippen molar-refractivity contribution in [2.45, 2.75) is 31.2 Å². The van der Waals surface area contributed by atoms with Crippen molar-refractivity contribution in [3.63, 3.8) is 0 Å². The van der Waals surface area contributed by atoms with Crippen LogP contribution in [0.1, 0.15) is 46.1 Å². The van der Waals surface area contributed by atoms with Crippen LogP contribution in [0.3, 0.4) is 0 Å². The minimum Gasteiger partial charge on any atom is -0.493 e. The van der Waals surface area contributed by atoms with Crippen molar-refractivity contribution in [3.05, 3.63) is 86.2 Å². The lowest BCUT2D eigenvalue weighted by molar-refractivity contribution is 0.0795. The van der Waals surface area contributed by atoms with Crippen LogP contribution in [0.4, 0.5) is 0 Å². The van der Waals surface area contributed by atoms with Gasteiger partial charge >= 0.3 is 5.69 Å². The van der Waals surface area contributed by atoms with Crippen molar-refractivity contribution in [2.24, 2.45) is 4.99 Å². The number of pyridine rings is 1. The Morgan fingerprint density at radius 3 is 2.85 bits per heavy atom. The van der Waals surface area contributed by atoms with Gasteiger partial charge in [-0.15, -0.1) is 11.3 Å². The lowest BCUT2D eigenvalue weighted by Crippen LogP contribution is -2.27. The van der Waals surface area contributed by atoms with E-state index in [4.69, 9.17) is 9.98 Å². The molecule has 1 saturated carbocycles. The molecule has 12 heteroatoms. The van der Waals surface area contributed by atoms with E-state index in [1.165, 1.54) is 11.3 Å². The summed E-state index contributed by atoms with van der Waals surface area (Å²) in [4.78, 5) is 47.1. The Hall–Kier alpha value is -4.58. The van der Waals surface area contributed by atoms with E-state index in [2.05, 4.69) is 26.1 Å². The molecule has 6 heterocycles. The fraction of sp³-hybridized carbons (Fsp3) is 0.259. The topological polar surface area (TPSA) is 145 Å². The van der Waals surface area contributed by atoms with Gasteiger partial charge in [0.25, 0.3) is 5.91 Å². The fourth-order valence-corrected chi connectivity index (χ4v) is 5.84. The molecule has 196 valence electrons. The summed E-state index contributed by atoms with van der Waals surface area (Å²) in [5.74, 6) is 0.0584. The van der Waals surface area contributed by atoms with E-state index in [9.17, 15) is 14.7 Å². The van der Waals surface area contributed by atoms with Crippen LogP contribution in [0.5, 0.6) is 5.88 Å². The molecule has 1 aliphatic carbocycles. The first kappa shape index (κ1) is 23.5. The van der Waals surface area contributed by atoms with Crippen molar-refractivity contribution >= 4 is 29.0 Å². The SMILES string of the molecule is O=C(c1ccc(-c2cc(=NC3CC3)n3nc/c(=C\c4[nH]c(=O)[nH]c4O)c3n2)s1)N1CCC(c2cccnc2)C1. The molecule has 0 spiro atoms. The summed E-state index contributed by atoms with van der Waals surface area (Å²) in [5, 5.41) is 15.1. The minimum atomic E-state index is -0.506. The Labute approximate surface area is 225 Å². The van der Waals surface area contributed by atoms with Gasteiger partial charge in [-0.25, -0.2) is 9.78 Å². The number of nitrogens with one attached hydrogen (secondary N) is 2. The van der Waals surface area contributed by atoms with E-state index in [1.54, 1.807) is 23.0 Å². The van der Waals surface area contributed by atoms with Gasteiger partial charge in [0.05, 0.1) is 27.7 Å². The first-order chi connectivity index (χ1) is 19.0. The van der Waals surface area contributed by atoms with Gasteiger partial charge in [0.15, 0.2) is 11.1 Å². The Morgan fingerprint density at radius 1 is 1.18 bits per heavy atom. The van der Waals surface area contributed by atoms with Gasteiger partial charge in [0.2, 0.25) is 5.88 Å². The summed E-state index contributed by atoms with van der Waals surface area (Å²) in [7, 11) is 0. The maximum atomic E-state index is 13.4. The number of fused-ring (bicyclic) bond motifs is 1. The summed E-state index contributed by atoms with van der Waals surface area (Å²) >= 11 is 1.41. The molecule has 0 bridgehead atoms. The number of H-pyrrole nitrogens is 2. The molecule has 1 aliphatic heterocycles. The molecule has 1 saturated heterocycles. The Morgan fingerprint density at radius 2 is 2.08 bits per heavy atom. The molecule has 5 aromatic heterocycles. The normalized spacial score (nSPS) is 18.5. The molecule has 1 amide bonds. The lowest BCUT2D eigenvalue weighted by Gasteiger charge is -2.15. The lowest BCUT2D eigenvalue weighted by atomic mass is 10.0. The molecule has 0 radical (unpaired) electrons. The highest BCUT2D eigenvalue weighted by Gasteiger charge is 2.29. The summed E-state index contributed by atoms with van der Waals surface area (Å²) in [6.45, 7) is 1.39. The zero-order valence-electron chi connectivity index (χ0n) is 20.7. The number of amides is 1. The van der Waals surface area contributed by atoms with Crippen molar-refractivity contribution in [2.75, 3.05) is 13.1 Å². The second-order valence-corrected chi connectivity index (χ2v) is 11.0. The van der Waals surface area contributed by atoms with Crippen LogP contribution >= 0.6 is 11.3 Å². The van der Waals surface area contributed by atoms with E-state index in [0.717, 1.165) is 29.7 Å². The summed E-state index contributed by atoms with van der Waals surface area (Å²) in [6, 6.07) is 9.93. The molecule has 11 nitrogen and oxygen atoms in total. The third kappa shape index (κ3) is 4.52. The molecule has 1 unspecified atom stereocenters. The van der Waals surface area contributed by atoms with Crippen molar-refractivity contribution in [3.8, 4) is 16.5 Å². The molecule has 39 heavy (non-hydrogen) atoms. The Kier molecular flexibility index (Phi) is 5.62. The first-order valence-electron chi connectivity index (χ1n) is 12.8. The molecule has 2 aliphatic rings. The number of aromatic nitrogens is 6. The Bertz CT molecular complexity index is 1880. The predicted molar refractivity (Wildman–Crippen MR) is 144 cm³/mol.